The molecule has 1 rings (SSSR count). The fraction of sp³-hybridized carbons (Fsp3) is 0.385. The van der Waals surface area contributed by atoms with Gasteiger partial charge in [0.25, 0.3) is 0 Å². The maximum absolute atomic E-state index is 5.85. The Hall–Kier alpha value is -0.800. The lowest BCUT2D eigenvalue weighted by Crippen LogP contribution is -2.23. The highest BCUT2D eigenvalue weighted by Gasteiger charge is 2.08. The van der Waals surface area contributed by atoms with Gasteiger partial charge in [-0.05, 0) is 47.5 Å². The van der Waals surface area contributed by atoms with Crippen molar-refractivity contribution in [2.75, 3.05) is 18.0 Å². The van der Waals surface area contributed by atoms with E-state index >= 15 is 0 Å². The van der Waals surface area contributed by atoms with E-state index in [9.17, 15) is 0 Å². The lowest BCUT2D eigenvalue weighted by molar-refractivity contribution is 0.815. The summed E-state index contributed by atoms with van der Waals surface area (Å²) in [5, 5.41) is 0. The molecule has 1 atom stereocenters. The molecule has 1 aromatic rings. The highest BCUT2D eigenvalue weighted by molar-refractivity contribution is 9.10. The number of nitrogens with zero attached hydrogens (tertiary/aromatic N) is 1. The van der Waals surface area contributed by atoms with Crippen molar-refractivity contribution in [2.45, 2.75) is 19.9 Å². The van der Waals surface area contributed by atoms with E-state index in [1.807, 2.05) is 13.0 Å². The zero-order valence-electron chi connectivity index (χ0n) is 9.91. The van der Waals surface area contributed by atoms with Crippen LogP contribution in [0.4, 0.5) is 5.69 Å². The van der Waals surface area contributed by atoms with Gasteiger partial charge >= 0.3 is 0 Å². The minimum absolute atomic E-state index is 0.0693. The van der Waals surface area contributed by atoms with Crippen molar-refractivity contribution in [1.29, 1.82) is 0 Å². The molecular weight excluding hydrogens is 264 g/mol. The van der Waals surface area contributed by atoms with Crippen LogP contribution in [0.15, 0.2) is 35.3 Å². The summed E-state index contributed by atoms with van der Waals surface area (Å²) in [5.74, 6) is 0. The molecule has 3 heteroatoms. The van der Waals surface area contributed by atoms with E-state index in [2.05, 4.69) is 52.5 Å². The van der Waals surface area contributed by atoms with Gasteiger partial charge in [0.15, 0.2) is 0 Å². The summed E-state index contributed by atoms with van der Waals surface area (Å²) in [6, 6.07) is 6.35. The van der Waals surface area contributed by atoms with Gasteiger partial charge in [0.05, 0.1) is 5.69 Å². The van der Waals surface area contributed by atoms with Crippen molar-refractivity contribution in [3.63, 3.8) is 0 Å². The Balaban J connectivity index is 3.01. The van der Waals surface area contributed by atoms with Crippen molar-refractivity contribution in [3.8, 4) is 0 Å². The minimum atomic E-state index is 0.0693. The maximum Gasteiger partial charge on any atom is 0.0513 e. The molecule has 0 aliphatic heterocycles. The first kappa shape index (κ1) is 13.3. The highest BCUT2D eigenvalue weighted by atomic mass is 79.9. The molecule has 88 valence electrons. The molecule has 0 heterocycles. The van der Waals surface area contributed by atoms with Crippen molar-refractivity contribution in [1.82, 2.24) is 0 Å². The van der Waals surface area contributed by atoms with E-state index < -0.39 is 0 Å². The van der Waals surface area contributed by atoms with E-state index in [0.717, 1.165) is 23.1 Å². The van der Waals surface area contributed by atoms with Gasteiger partial charge in [-0.15, -0.1) is 6.58 Å². The standard InChI is InChI=1S/C13H19BrN2/c1-4-8-16(5-2)13-7-6-11(10(3)15)9-12(13)14/h4,6-7,9-10H,1,5,8,15H2,2-3H3. The van der Waals surface area contributed by atoms with Crippen LogP contribution in [0.5, 0.6) is 0 Å². The quantitative estimate of drug-likeness (QED) is 0.838. The van der Waals surface area contributed by atoms with Crippen LogP contribution in [0, 0.1) is 0 Å². The lowest BCUT2D eigenvalue weighted by Gasteiger charge is -2.23. The Labute approximate surface area is 106 Å². The number of rotatable bonds is 5. The Kier molecular flexibility index (Phi) is 5.03. The molecular formula is C13H19BrN2. The molecule has 0 aliphatic carbocycles. The molecule has 0 saturated heterocycles. The fourth-order valence-corrected chi connectivity index (χ4v) is 2.26. The Bertz CT molecular complexity index is 361. The normalized spacial score (nSPS) is 12.2. The highest BCUT2D eigenvalue weighted by Crippen LogP contribution is 2.28. The Morgan fingerprint density at radius 2 is 2.25 bits per heavy atom. The summed E-state index contributed by atoms with van der Waals surface area (Å²) in [6.07, 6.45) is 1.91. The van der Waals surface area contributed by atoms with Crippen LogP contribution in [-0.2, 0) is 0 Å². The number of nitrogens with two attached hydrogens (primary N) is 1. The molecule has 1 unspecified atom stereocenters. The zero-order valence-corrected chi connectivity index (χ0v) is 11.5. The summed E-state index contributed by atoms with van der Waals surface area (Å²) < 4.78 is 1.09. The number of hydrogen-bond donors (Lipinski definition) is 1. The van der Waals surface area contributed by atoms with Crippen molar-refractivity contribution < 1.29 is 0 Å². The summed E-state index contributed by atoms with van der Waals surface area (Å²) in [7, 11) is 0. The second-order valence-corrected chi connectivity index (χ2v) is 4.68. The second kappa shape index (κ2) is 6.06. The van der Waals surface area contributed by atoms with Gasteiger partial charge in [0.1, 0.15) is 0 Å². The predicted octanol–water partition coefficient (Wildman–Crippen LogP) is 3.48. The van der Waals surface area contributed by atoms with E-state index in [4.69, 9.17) is 5.73 Å². The van der Waals surface area contributed by atoms with Crippen molar-refractivity contribution >= 4 is 21.6 Å². The molecule has 0 saturated carbocycles. The van der Waals surface area contributed by atoms with Crippen molar-refractivity contribution in [3.05, 3.63) is 40.9 Å². The molecule has 2 nitrogen and oxygen atoms in total. The van der Waals surface area contributed by atoms with Crippen LogP contribution in [0.25, 0.3) is 0 Å². The first-order chi connectivity index (χ1) is 7.60. The third-order valence-corrected chi connectivity index (χ3v) is 3.20. The molecule has 2 N–H and O–H groups in total. The fourth-order valence-electron chi connectivity index (χ4n) is 1.62. The Morgan fingerprint density at radius 3 is 2.69 bits per heavy atom. The summed E-state index contributed by atoms with van der Waals surface area (Å²) >= 11 is 3.60. The van der Waals surface area contributed by atoms with Gasteiger partial charge in [-0.1, -0.05) is 12.1 Å². The predicted molar refractivity (Wildman–Crippen MR) is 74.8 cm³/mol. The SMILES string of the molecule is C=CCN(CC)c1ccc(C(C)N)cc1Br. The first-order valence-electron chi connectivity index (χ1n) is 5.51. The van der Waals surface area contributed by atoms with E-state index in [0.29, 0.717) is 0 Å². The Morgan fingerprint density at radius 1 is 1.56 bits per heavy atom. The first-order valence-corrected chi connectivity index (χ1v) is 6.30. The van der Waals surface area contributed by atoms with Gasteiger partial charge in [0, 0.05) is 23.6 Å². The van der Waals surface area contributed by atoms with E-state index in [1.165, 1.54) is 5.69 Å². The molecule has 1 aromatic carbocycles. The number of likely N-dealkylation sites (N-methyl/N-ethyl adjacent to an activating group) is 1. The van der Waals surface area contributed by atoms with Gasteiger partial charge in [-0.25, -0.2) is 0 Å². The average molecular weight is 283 g/mol. The van der Waals surface area contributed by atoms with Crippen LogP contribution >= 0.6 is 15.9 Å². The van der Waals surface area contributed by atoms with Crippen LogP contribution in [0.3, 0.4) is 0 Å². The topological polar surface area (TPSA) is 29.3 Å². The van der Waals surface area contributed by atoms with Gasteiger partial charge < -0.3 is 10.6 Å². The third kappa shape index (κ3) is 3.09. The number of halogens is 1. The van der Waals surface area contributed by atoms with Crippen molar-refractivity contribution in [2.24, 2.45) is 5.73 Å². The van der Waals surface area contributed by atoms with Crippen LogP contribution < -0.4 is 10.6 Å². The molecule has 16 heavy (non-hydrogen) atoms. The monoisotopic (exact) mass is 282 g/mol. The maximum atomic E-state index is 5.85. The average Bonchev–Trinajstić information content (AvgIpc) is 2.26. The van der Waals surface area contributed by atoms with E-state index in [-0.39, 0.29) is 6.04 Å². The molecule has 0 radical (unpaired) electrons. The zero-order chi connectivity index (χ0) is 12.1. The molecule has 0 amide bonds. The lowest BCUT2D eigenvalue weighted by atomic mass is 10.1. The number of benzene rings is 1. The number of hydrogen-bond acceptors (Lipinski definition) is 2. The second-order valence-electron chi connectivity index (χ2n) is 3.83. The molecule has 0 aromatic heterocycles. The summed E-state index contributed by atoms with van der Waals surface area (Å²) in [6.45, 7) is 9.71. The summed E-state index contributed by atoms with van der Waals surface area (Å²) in [4.78, 5) is 2.25. The van der Waals surface area contributed by atoms with Crippen LogP contribution in [0.1, 0.15) is 25.5 Å². The third-order valence-electron chi connectivity index (χ3n) is 2.57. The largest absolute Gasteiger partial charge is 0.367 e. The minimum Gasteiger partial charge on any atom is -0.367 e. The molecule has 0 bridgehead atoms. The van der Waals surface area contributed by atoms with E-state index in [1.54, 1.807) is 0 Å². The van der Waals surface area contributed by atoms with Gasteiger partial charge in [-0.3, -0.25) is 0 Å². The smallest absolute Gasteiger partial charge is 0.0513 e. The molecule has 0 fully saturated rings. The summed E-state index contributed by atoms with van der Waals surface area (Å²) in [5.41, 5.74) is 8.18. The van der Waals surface area contributed by atoms with Gasteiger partial charge in [0.2, 0.25) is 0 Å². The number of anilines is 1. The van der Waals surface area contributed by atoms with Crippen LogP contribution in [0.2, 0.25) is 0 Å². The van der Waals surface area contributed by atoms with Gasteiger partial charge in [-0.2, -0.15) is 0 Å². The molecule has 0 spiro atoms. The molecule has 0 aliphatic rings. The van der Waals surface area contributed by atoms with Crippen LogP contribution in [-0.4, -0.2) is 13.1 Å².